The Kier molecular flexibility index (Phi) is 7.44. The molecule has 0 bridgehead atoms. The highest BCUT2D eigenvalue weighted by Crippen LogP contribution is 2.26. The Bertz CT molecular complexity index is 291. The summed E-state index contributed by atoms with van der Waals surface area (Å²) in [5.41, 5.74) is 0. The van der Waals surface area contributed by atoms with Crippen molar-refractivity contribution in [2.24, 2.45) is 0 Å². The maximum atomic E-state index is 4.12. The molecule has 1 aromatic heterocycles. The number of nitrogens with zero attached hydrogens (tertiary/aromatic N) is 2. The highest BCUT2D eigenvalue weighted by atomic mass is 32.2. The monoisotopic (exact) mass is 277 g/mol. The molecule has 92 valence electrons. The minimum absolute atomic E-state index is 0.627. The third kappa shape index (κ3) is 5.52. The third-order valence-electron chi connectivity index (χ3n) is 2.10. The summed E-state index contributed by atoms with van der Waals surface area (Å²) in [6, 6.07) is 0.627. The van der Waals surface area contributed by atoms with E-state index in [1.165, 1.54) is 12.8 Å². The predicted octanol–water partition coefficient (Wildman–Crippen LogP) is 3.13. The molecule has 1 aromatic rings. The number of hydrogen-bond donors (Lipinski definition) is 1. The van der Waals surface area contributed by atoms with Crippen molar-refractivity contribution in [1.29, 1.82) is 0 Å². The Morgan fingerprint density at radius 2 is 2.12 bits per heavy atom. The van der Waals surface area contributed by atoms with Crippen molar-refractivity contribution in [2.75, 3.05) is 18.6 Å². The average molecular weight is 277 g/mol. The minimum atomic E-state index is 0.627. The number of thioether (sulfide) groups is 2. The van der Waals surface area contributed by atoms with E-state index in [4.69, 9.17) is 0 Å². The zero-order valence-corrected chi connectivity index (χ0v) is 12.5. The molecule has 0 amide bonds. The summed E-state index contributed by atoms with van der Waals surface area (Å²) < 4.78 is 2.13. The van der Waals surface area contributed by atoms with E-state index in [1.807, 2.05) is 6.26 Å². The Hall–Kier alpha value is 0.220. The molecule has 1 unspecified atom stereocenters. The van der Waals surface area contributed by atoms with Crippen molar-refractivity contribution < 1.29 is 0 Å². The fourth-order valence-electron chi connectivity index (χ4n) is 1.32. The molecule has 1 rings (SSSR count). The molecule has 0 spiro atoms. The van der Waals surface area contributed by atoms with Gasteiger partial charge in [0.25, 0.3) is 0 Å². The molecular formula is C10H19N3S3. The van der Waals surface area contributed by atoms with Crippen LogP contribution in [0.25, 0.3) is 0 Å². The van der Waals surface area contributed by atoms with Crippen LogP contribution in [0.4, 0.5) is 0 Å². The normalized spacial score (nSPS) is 12.9. The molecule has 1 N–H and O–H groups in total. The maximum Gasteiger partial charge on any atom is 0.175 e. The Balaban J connectivity index is 2.11. The second-order valence-electron chi connectivity index (χ2n) is 3.53. The molecule has 0 aliphatic heterocycles. The molecule has 0 saturated heterocycles. The van der Waals surface area contributed by atoms with Gasteiger partial charge in [-0.2, -0.15) is 0 Å². The van der Waals surface area contributed by atoms with Gasteiger partial charge in [-0.05, 0) is 19.6 Å². The predicted molar refractivity (Wildman–Crippen MR) is 74.8 cm³/mol. The molecule has 0 saturated carbocycles. The van der Waals surface area contributed by atoms with Gasteiger partial charge in [0.1, 0.15) is 0 Å². The lowest BCUT2D eigenvalue weighted by Crippen LogP contribution is -2.27. The highest BCUT2D eigenvalue weighted by molar-refractivity contribution is 8.02. The van der Waals surface area contributed by atoms with E-state index in [-0.39, 0.29) is 0 Å². The zero-order valence-electron chi connectivity index (χ0n) is 10.0. The van der Waals surface area contributed by atoms with Crippen molar-refractivity contribution in [3.63, 3.8) is 0 Å². The molecule has 1 atom stereocenters. The molecule has 1 heterocycles. The van der Waals surface area contributed by atoms with Crippen LogP contribution < -0.4 is 5.32 Å². The van der Waals surface area contributed by atoms with Crippen LogP contribution in [-0.2, 0) is 0 Å². The summed E-state index contributed by atoms with van der Waals surface area (Å²) in [4.78, 5) is 0. The quantitative estimate of drug-likeness (QED) is 0.584. The molecule has 3 nitrogen and oxygen atoms in total. The lowest BCUT2D eigenvalue weighted by molar-refractivity contribution is 0.526. The van der Waals surface area contributed by atoms with E-state index in [1.54, 1.807) is 34.9 Å². The van der Waals surface area contributed by atoms with Gasteiger partial charge in [0.2, 0.25) is 0 Å². The number of rotatable bonds is 8. The molecule has 0 aliphatic rings. The first-order valence-corrected chi connectivity index (χ1v) is 8.52. The van der Waals surface area contributed by atoms with Crippen molar-refractivity contribution in [3.05, 3.63) is 0 Å². The van der Waals surface area contributed by atoms with Gasteiger partial charge in [0.05, 0.1) is 0 Å². The van der Waals surface area contributed by atoms with Crippen LogP contribution in [-0.4, -0.2) is 34.8 Å². The topological polar surface area (TPSA) is 37.8 Å². The van der Waals surface area contributed by atoms with E-state index in [0.29, 0.717) is 6.04 Å². The van der Waals surface area contributed by atoms with Gasteiger partial charge in [-0.25, -0.2) is 0 Å². The van der Waals surface area contributed by atoms with Crippen molar-refractivity contribution in [3.8, 4) is 0 Å². The molecule has 0 radical (unpaired) electrons. The summed E-state index contributed by atoms with van der Waals surface area (Å²) in [6.07, 6.45) is 4.53. The zero-order chi connectivity index (χ0) is 11.8. The van der Waals surface area contributed by atoms with E-state index in [2.05, 4.69) is 29.4 Å². The Morgan fingerprint density at radius 1 is 1.38 bits per heavy atom. The van der Waals surface area contributed by atoms with Crippen LogP contribution in [0.1, 0.15) is 26.7 Å². The standard InChI is InChI=1S/C10H19N3S3/c1-4-5-8(2)11-6-7-15-10-13-12-9(14-3)16-10/h8,11H,4-7H2,1-3H3. The van der Waals surface area contributed by atoms with Gasteiger partial charge in [-0.15, -0.1) is 10.2 Å². The second-order valence-corrected chi connectivity index (χ2v) is 6.90. The van der Waals surface area contributed by atoms with Crippen LogP contribution in [0.5, 0.6) is 0 Å². The number of hydrogen-bond acceptors (Lipinski definition) is 6. The summed E-state index contributed by atoms with van der Waals surface area (Å²) in [5.74, 6) is 1.07. The molecule has 0 fully saturated rings. The number of aromatic nitrogens is 2. The SMILES string of the molecule is CCCC(C)NCCSc1nnc(SC)s1. The van der Waals surface area contributed by atoms with Crippen LogP contribution in [0.3, 0.4) is 0 Å². The van der Waals surface area contributed by atoms with E-state index in [0.717, 1.165) is 21.0 Å². The van der Waals surface area contributed by atoms with Crippen LogP contribution >= 0.6 is 34.9 Å². The molecule has 0 aliphatic carbocycles. The molecular weight excluding hydrogens is 258 g/mol. The van der Waals surface area contributed by atoms with Gasteiger partial charge >= 0.3 is 0 Å². The van der Waals surface area contributed by atoms with E-state index < -0.39 is 0 Å². The van der Waals surface area contributed by atoms with Gasteiger partial charge in [-0.1, -0.05) is 48.2 Å². The molecule has 0 aromatic carbocycles. The van der Waals surface area contributed by atoms with Crippen molar-refractivity contribution >= 4 is 34.9 Å². The Morgan fingerprint density at radius 3 is 2.75 bits per heavy atom. The first kappa shape index (κ1) is 14.3. The molecule has 16 heavy (non-hydrogen) atoms. The van der Waals surface area contributed by atoms with Gasteiger partial charge < -0.3 is 5.32 Å². The smallest absolute Gasteiger partial charge is 0.175 e. The van der Waals surface area contributed by atoms with Crippen molar-refractivity contribution in [1.82, 2.24) is 15.5 Å². The Labute approximate surface area is 110 Å². The molecule has 6 heteroatoms. The third-order valence-corrected chi connectivity index (χ3v) is 5.14. The van der Waals surface area contributed by atoms with Crippen LogP contribution in [0, 0.1) is 0 Å². The summed E-state index contributed by atoms with van der Waals surface area (Å²) in [6.45, 7) is 5.50. The second kappa shape index (κ2) is 8.33. The van der Waals surface area contributed by atoms with E-state index in [9.17, 15) is 0 Å². The largest absolute Gasteiger partial charge is 0.313 e. The summed E-state index contributed by atoms with van der Waals surface area (Å²) in [5, 5.41) is 11.7. The van der Waals surface area contributed by atoms with Gasteiger partial charge in [-0.3, -0.25) is 0 Å². The fourth-order valence-corrected chi connectivity index (χ4v) is 3.70. The first-order valence-electron chi connectivity index (χ1n) is 5.50. The maximum absolute atomic E-state index is 4.12. The lowest BCUT2D eigenvalue weighted by Gasteiger charge is -2.11. The van der Waals surface area contributed by atoms with E-state index >= 15 is 0 Å². The van der Waals surface area contributed by atoms with Crippen LogP contribution in [0.2, 0.25) is 0 Å². The van der Waals surface area contributed by atoms with Crippen LogP contribution in [0.15, 0.2) is 8.68 Å². The average Bonchev–Trinajstić information content (AvgIpc) is 2.73. The first-order chi connectivity index (χ1) is 7.76. The number of nitrogens with one attached hydrogen (secondary N) is 1. The summed E-state index contributed by atoms with van der Waals surface area (Å²) >= 11 is 5.12. The summed E-state index contributed by atoms with van der Waals surface area (Å²) in [7, 11) is 0. The van der Waals surface area contributed by atoms with Crippen molar-refractivity contribution in [2.45, 2.75) is 41.4 Å². The minimum Gasteiger partial charge on any atom is -0.313 e. The van der Waals surface area contributed by atoms with Gasteiger partial charge in [0.15, 0.2) is 8.68 Å². The fraction of sp³-hybridized carbons (Fsp3) is 0.800. The lowest BCUT2D eigenvalue weighted by atomic mass is 10.2. The highest BCUT2D eigenvalue weighted by Gasteiger charge is 2.04. The van der Waals surface area contributed by atoms with Gasteiger partial charge in [0, 0.05) is 18.3 Å².